The molecule has 1 aromatic heterocycles. The van der Waals surface area contributed by atoms with Gasteiger partial charge in [-0.15, -0.1) is 0 Å². The zero-order valence-electron chi connectivity index (χ0n) is 9.12. The van der Waals surface area contributed by atoms with E-state index >= 15 is 0 Å². The highest BCUT2D eigenvalue weighted by molar-refractivity contribution is 7.99. The van der Waals surface area contributed by atoms with E-state index in [1.165, 1.54) is 18.1 Å². The number of hydrogen-bond acceptors (Lipinski definition) is 5. The number of rotatable bonds is 3. The van der Waals surface area contributed by atoms with Crippen molar-refractivity contribution < 1.29 is 4.79 Å². The van der Waals surface area contributed by atoms with Crippen molar-refractivity contribution in [3.63, 3.8) is 0 Å². The highest BCUT2D eigenvalue weighted by Crippen LogP contribution is 2.27. The number of carbonyl (C=O) groups excluding carboxylic acids is 1. The van der Waals surface area contributed by atoms with Gasteiger partial charge in [0, 0.05) is 17.6 Å². The molecule has 0 bridgehead atoms. The predicted molar refractivity (Wildman–Crippen MR) is 64.5 cm³/mol. The molecular formula is C10H11N5OS. The van der Waals surface area contributed by atoms with Gasteiger partial charge in [0.25, 0.3) is 5.91 Å². The van der Waals surface area contributed by atoms with Crippen LogP contribution in [0.25, 0.3) is 0 Å². The lowest BCUT2D eigenvalue weighted by molar-refractivity contribution is 0.100. The summed E-state index contributed by atoms with van der Waals surface area (Å²) in [5.74, 6) is -0.539. The van der Waals surface area contributed by atoms with Crippen LogP contribution in [0.3, 0.4) is 0 Å². The van der Waals surface area contributed by atoms with Gasteiger partial charge in [0.05, 0.1) is 5.56 Å². The Labute approximate surface area is 102 Å². The van der Waals surface area contributed by atoms with Gasteiger partial charge in [-0.1, -0.05) is 11.8 Å². The smallest absolute Gasteiger partial charge is 0.250 e. The Kier molecular flexibility index (Phi) is 3.01. The minimum absolute atomic E-state index is 0.317. The maximum absolute atomic E-state index is 11.1. The van der Waals surface area contributed by atoms with Crippen molar-refractivity contribution in [3.8, 4) is 0 Å². The molecule has 7 heteroatoms. The van der Waals surface area contributed by atoms with Gasteiger partial charge in [-0.05, 0) is 18.2 Å². The Morgan fingerprint density at radius 3 is 2.82 bits per heavy atom. The highest BCUT2D eigenvalue weighted by atomic mass is 32.2. The molecule has 0 aliphatic rings. The standard InChI is InChI=1S/C10H11N5OS/c1-15-10(13-5-14-15)17-6-2-3-8(11)7(4-6)9(12)16/h2-5H,11H2,1H3,(H2,12,16). The molecule has 6 nitrogen and oxygen atoms in total. The van der Waals surface area contributed by atoms with Gasteiger partial charge in [-0.2, -0.15) is 5.10 Å². The quantitative estimate of drug-likeness (QED) is 0.778. The van der Waals surface area contributed by atoms with Crippen LogP contribution < -0.4 is 11.5 Å². The van der Waals surface area contributed by atoms with Crippen molar-refractivity contribution >= 4 is 23.4 Å². The Bertz CT molecular complexity index is 566. The second-order valence-electron chi connectivity index (χ2n) is 3.38. The summed E-state index contributed by atoms with van der Waals surface area (Å²) in [4.78, 5) is 16.1. The summed E-state index contributed by atoms with van der Waals surface area (Å²) >= 11 is 1.39. The molecule has 0 atom stereocenters. The summed E-state index contributed by atoms with van der Waals surface area (Å²) in [6.07, 6.45) is 1.47. The molecular weight excluding hydrogens is 238 g/mol. The molecule has 1 aromatic carbocycles. The molecule has 0 saturated heterocycles. The van der Waals surface area contributed by atoms with E-state index in [-0.39, 0.29) is 0 Å². The number of aromatic nitrogens is 3. The second kappa shape index (κ2) is 4.46. The van der Waals surface area contributed by atoms with Crippen LogP contribution in [0.5, 0.6) is 0 Å². The zero-order valence-corrected chi connectivity index (χ0v) is 9.94. The van der Waals surface area contributed by atoms with E-state index in [0.717, 1.165) is 10.1 Å². The average molecular weight is 249 g/mol. The first-order valence-electron chi connectivity index (χ1n) is 4.79. The Morgan fingerprint density at radius 2 is 2.24 bits per heavy atom. The molecule has 1 heterocycles. The normalized spacial score (nSPS) is 10.4. The second-order valence-corrected chi connectivity index (χ2v) is 4.42. The van der Waals surface area contributed by atoms with Crippen LogP contribution in [0, 0.1) is 0 Å². The molecule has 1 amide bonds. The van der Waals surface area contributed by atoms with E-state index in [2.05, 4.69) is 10.1 Å². The van der Waals surface area contributed by atoms with E-state index in [1.807, 2.05) is 0 Å². The number of primary amides is 1. The minimum atomic E-state index is -0.539. The minimum Gasteiger partial charge on any atom is -0.398 e. The van der Waals surface area contributed by atoms with Gasteiger partial charge >= 0.3 is 0 Å². The Morgan fingerprint density at radius 1 is 1.47 bits per heavy atom. The van der Waals surface area contributed by atoms with Crippen LogP contribution in [0.2, 0.25) is 0 Å². The van der Waals surface area contributed by atoms with Gasteiger partial charge in [0.2, 0.25) is 0 Å². The van der Waals surface area contributed by atoms with E-state index in [1.54, 1.807) is 29.9 Å². The molecule has 0 unspecified atom stereocenters. The lowest BCUT2D eigenvalue weighted by Gasteiger charge is -2.05. The Balaban J connectivity index is 2.32. The number of nitrogens with two attached hydrogens (primary N) is 2. The number of anilines is 1. The first-order valence-corrected chi connectivity index (χ1v) is 5.61. The highest BCUT2D eigenvalue weighted by Gasteiger charge is 2.09. The fourth-order valence-electron chi connectivity index (χ4n) is 1.30. The van der Waals surface area contributed by atoms with Gasteiger partial charge in [0.15, 0.2) is 5.16 Å². The van der Waals surface area contributed by atoms with Crippen LogP contribution in [0.15, 0.2) is 34.6 Å². The molecule has 0 spiro atoms. The SMILES string of the molecule is Cn1ncnc1Sc1ccc(N)c(C(N)=O)c1. The number of hydrogen-bond donors (Lipinski definition) is 2. The molecule has 0 saturated carbocycles. The van der Waals surface area contributed by atoms with Crippen LogP contribution >= 0.6 is 11.8 Å². The fraction of sp³-hybridized carbons (Fsp3) is 0.100. The van der Waals surface area contributed by atoms with Crippen molar-refractivity contribution in [1.82, 2.24) is 14.8 Å². The molecule has 88 valence electrons. The molecule has 4 N–H and O–H groups in total. The van der Waals surface area contributed by atoms with E-state index in [4.69, 9.17) is 11.5 Å². The maximum Gasteiger partial charge on any atom is 0.250 e. The third-order valence-electron chi connectivity index (χ3n) is 2.17. The number of aryl methyl sites for hydroxylation is 1. The summed E-state index contributed by atoms with van der Waals surface area (Å²) in [5.41, 5.74) is 11.6. The van der Waals surface area contributed by atoms with Crippen LogP contribution in [0.1, 0.15) is 10.4 Å². The summed E-state index contributed by atoms with van der Waals surface area (Å²) in [6.45, 7) is 0. The first-order chi connectivity index (χ1) is 8.08. The first kappa shape index (κ1) is 11.5. The Hall–Kier alpha value is -2.02. The maximum atomic E-state index is 11.1. The number of benzene rings is 1. The topological polar surface area (TPSA) is 99.8 Å². The molecule has 2 aromatic rings. The van der Waals surface area contributed by atoms with E-state index in [0.29, 0.717) is 11.3 Å². The monoisotopic (exact) mass is 249 g/mol. The van der Waals surface area contributed by atoms with Crippen molar-refractivity contribution in [1.29, 1.82) is 0 Å². The number of amides is 1. The summed E-state index contributed by atoms with van der Waals surface area (Å²) in [5, 5.41) is 4.68. The summed E-state index contributed by atoms with van der Waals surface area (Å²) < 4.78 is 1.64. The van der Waals surface area contributed by atoms with Crippen molar-refractivity contribution in [2.45, 2.75) is 10.1 Å². The van der Waals surface area contributed by atoms with Gasteiger partial charge in [-0.25, -0.2) is 9.67 Å². The number of nitrogens with zero attached hydrogens (tertiary/aromatic N) is 3. The third kappa shape index (κ3) is 2.39. The number of carbonyl (C=O) groups is 1. The van der Waals surface area contributed by atoms with E-state index < -0.39 is 5.91 Å². The van der Waals surface area contributed by atoms with Gasteiger partial charge < -0.3 is 11.5 Å². The predicted octanol–water partition coefficient (Wildman–Crippen LogP) is 0.647. The van der Waals surface area contributed by atoms with Gasteiger partial charge in [-0.3, -0.25) is 4.79 Å². The van der Waals surface area contributed by atoms with Crippen molar-refractivity contribution in [3.05, 3.63) is 30.1 Å². The molecule has 2 rings (SSSR count). The van der Waals surface area contributed by atoms with Crippen molar-refractivity contribution in [2.24, 2.45) is 12.8 Å². The van der Waals surface area contributed by atoms with Crippen LogP contribution in [-0.4, -0.2) is 20.7 Å². The zero-order chi connectivity index (χ0) is 12.4. The average Bonchev–Trinajstić information content (AvgIpc) is 2.67. The summed E-state index contributed by atoms with van der Waals surface area (Å²) in [6, 6.07) is 5.11. The van der Waals surface area contributed by atoms with Crippen LogP contribution in [0.4, 0.5) is 5.69 Å². The van der Waals surface area contributed by atoms with Gasteiger partial charge in [0.1, 0.15) is 6.33 Å². The van der Waals surface area contributed by atoms with Crippen LogP contribution in [-0.2, 0) is 7.05 Å². The lowest BCUT2D eigenvalue weighted by Crippen LogP contribution is -2.13. The molecule has 0 aliphatic heterocycles. The molecule has 0 aliphatic carbocycles. The lowest BCUT2D eigenvalue weighted by atomic mass is 10.2. The molecule has 0 radical (unpaired) electrons. The number of nitrogen functional groups attached to an aromatic ring is 1. The third-order valence-corrected chi connectivity index (χ3v) is 3.21. The molecule has 17 heavy (non-hydrogen) atoms. The van der Waals surface area contributed by atoms with E-state index in [9.17, 15) is 4.79 Å². The fourth-order valence-corrected chi connectivity index (χ4v) is 2.10. The molecule has 0 fully saturated rings. The summed E-state index contributed by atoms with van der Waals surface area (Å²) in [7, 11) is 1.79. The largest absolute Gasteiger partial charge is 0.398 e. The van der Waals surface area contributed by atoms with Crippen molar-refractivity contribution in [2.75, 3.05) is 5.73 Å².